The number of methoxy groups -OCH3 is 1. The number of benzene rings is 1. The van der Waals surface area contributed by atoms with E-state index in [1.54, 1.807) is 31.2 Å². The summed E-state index contributed by atoms with van der Waals surface area (Å²) in [6, 6.07) is 5.77. The minimum Gasteiger partial charge on any atom is -0.468 e. The largest absolute Gasteiger partial charge is 0.468 e. The number of halogens is 1. The molecule has 0 radical (unpaired) electrons. The van der Waals surface area contributed by atoms with Crippen LogP contribution in [0.4, 0.5) is 4.79 Å². The minimum atomic E-state index is -1.10. The fourth-order valence-electron chi connectivity index (χ4n) is 2.05. The van der Waals surface area contributed by atoms with Gasteiger partial charge in [-0.15, -0.1) is 0 Å². The highest BCUT2D eigenvalue weighted by molar-refractivity contribution is 9.10. The molecule has 0 aliphatic carbocycles. The van der Waals surface area contributed by atoms with Crippen LogP contribution in [0.15, 0.2) is 28.7 Å². The Kier molecular flexibility index (Phi) is 7.04. The predicted octanol–water partition coefficient (Wildman–Crippen LogP) is 2.19. The van der Waals surface area contributed by atoms with Crippen molar-refractivity contribution >= 4 is 33.7 Å². The van der Waals surface area contributed by atoms with Gasteiger partial charge in [-0.05, 0) is 31.5 Å². The number of carbonyl (C=O) groups is 3. The first-order chi connectivity index (χ1) is 10.4. The van der Waals surface area contributed by atoms with E-state index in [9.17, 15) is 14.4 Å². The van der Waals surface area contributed by atoms with Crippen molar-refractivity contribution in [3.8, 4) is 0 Å². The molecule has 22 heavy (non-hydrogen) atoms. The van der Waals surface area contributed by atoms with Crippen LogP contribution in [0.25, 0.3) is 0 Å². The van der Waals surface area contributed by atoms with E-state index in [0.717, 1.165) is 4.47 Å². The van der Waals surface area contributed by atoms with Crippen LogP contribution < -0.4 is 10.6 Å². The second-order valence-electron chi connectivity index (χ2n) is 4.64. The van der Waals surface area contributed by atoms with Gasteiger partial charge < -0.3 is 15.4 Å². The van der Waals surface area contributed by atoms with Crippen LogP contribution in [0, 0.1) is 5.92 Å². The molecule has 0 fully saturated rings. The molecular weight excluding hydrogens is 352 g/mol. The summed E-state index contributed by atoms with van der Waals surface area (Å²) in [6.07, 6.45) is 0. The molecule has 2 amide bonds. The number of urea groups is 1. The summed E-state index contributed by atoms with van der Waals surface area (Å²) in [5, 5.41) is 5.25. The highest BCUT2D eigenvalue weighted by Gasteiger charge is 2.35. The summed E-state index contributed by atoms with van der Waals surface area (Å²) in [5.41, 5.74) is 0.639. The zero-order valence-electron chi connectivity index (χ0n) is 12.7. The van der Waals surface area contributed by atoms with Crippen molar-refractivity contribution in [1.82, 2.24) is 10.6 Å². The minimum absolute atomic E-state index is 0.378. The van der Waals surface area contributed by atoms with Gasteiger partial charge >= 0.3 is 12.0 Å². The van der Waals surface area contributed by atoms with Gasteiger partial charge in [-0.1, -0.05) is 28.1 Å². The third-order valence-corrected chi connectivity index (χ3v) is 3.61. The van der Waals surface area contributed by atoms with E-state index in [-0.39, 0.29) is 5.78 Å². The van der Waals surface area contributed by atoms with Gasteiger partial charge in [0.2, 0.25) is 0 Å². The highest BCUT2D eigenvalue weighted by atomic mass is 79.9. The van der Waals surface area contributed by atoms with E-state index in [2.05, 4.69) is 26.6 Å². The smallest absolute Gasteiger partial charge is 0.318 e. The fraction of sp³-hybridized carbons (Fsp3) is 0.400. The summed E-state index contributed by atoms with van der Waals surface area (Å²) in [6.45, 7) is 3.51. The van der Waals surface area contributed by atoms with Crippen LogP contribution in [0.1, 0.15) is 25.5 Å². The molecule has 0 aliphatic rings. The van der Waals surface area contributed by atoms with Gasteiger partial charge in [0, 0.05) is 11.0 Å². The maximum absolute atomic E-state index is 12.0. The van der Waals surface area contributed by atoms with E-state index in [1.165, 1.54) is 14.0 Å². The predicted molar refractivity (Wildman–Crippen MR) is 85.3 cm³/mol. The molecule has 0 aromatic heterocycles. The molecule has 1 rings (SSSR count). The van der Waals surface area contributed by atoms with E-state index in [0.29, 0.717) is 12.1 Å². The molecule has 1 aromatic rings. The van der Waals surface area contributed by atoms with Gasteiger partial charge in [0.15, 0.2) is 0 Å². The Labute approximate surface area is 137 Å². The molecule has 0 heterocycles. The molecule has 0 aliphatic heterocycles. The summed E-state index contributed by atoms with van der Waals surface area (Å²) < 4.78 is 5.55. The van der Waals surface area contributed by atoms with E-state index in [1.807, 2.05) is 0 Å². The zero-order valence-corrected chi connectivity index (χ0v) is 14.3. The van der Waals surface area contributed by atoms with Gasteiger partial charge in [0.1, 0.15) is 11.7 Å². The SMILES string of the molecule is CCNC(=O)N[C@@H](c1ccc(Br)cc1)C(C(C)=O)C(=O)OC. The first kappa shape index (κ1) is 18.2. The van der Waals surface area contributed by atoms with Crippen LogP contribution in [-0.4, -0.2) is 31.4 Å². The number of nitrogens with one attached hydrogen (secondary N) is 2. The first-order valence-electron chi connectivity index (χ1n) is 6.78. The normalized spacial score (nSPS) is 12.9. The number of Topliss-reactive ketones (excluding diaryl/α,β-unsaturated/α-hetero) is 1. The number of ketones is 1. The van der Waals surface area contributed by atoms with Crippen molar-refractivity contribution in [3.63, 3.8) is 0 Å². The molecule has 6 nitrogen and oxygen atoms in total. The maximum Gasteiger partial charge on any atom is 0.318 e. The van der Waals surface area contributed by atoms with Crippen molar-refractivity contribution in [1.29, 1.82) is 0 Å². The molecule has 2 atom stereocenters. The quantitative estimate of drug-likeness (QED) is 0.593. The topological polar surface area (TPSA) is 84.5 Å². The Balaban J connectivity index is 3.18. The summed E-state index contributed by atoms with van der Waals surface area (Å²) in [4.78, 5) is 35.7. The Morgan fingerprint density at radius 1 is 1.23 bits per heavy atom. The van der Waals surface area contributed by atoms with Crippen molar-refractivity contribution in [2.24, 2.45) is 5.92 Å². The molecule has 1 unspecified atom stereocenters. The van der Waals surface area contributed by atoms with Crippen LogP contribution in [0.3, 0.4) is 0 Å². The Hall–Kier alpha value is -1.89. The number of ether oxygens (including phenoxy) is 1. The molecule has 0 saturated carbocycles. The van der Waals surface area contributed by atoms with Crippen molar-refractivity contribution in [2.75, 3.05) is 13.7 Å². The van der Waals surface area contributed by atoms with E-state index >= 15 is 0 Å². The molecule has 0 bridgehead atoms. The molecule has 1 aromatic carbocycles. The number of hydrogen-bond acceptors (Lipinski definition) is 4. The first-order valence-corrected chi connectivity index (χ1v) is 7.58. The third-order valence-electron chi connectivity index (χ3n) is 3.08. The highest BCUT2D eigenvalue weighted by Crippen LogP contribution is 2.25. The number of hydrogen-bond donors (Lipinski definition) is 2. The van der Waals surface area contributed by atoms with Crippen LogP contribution in [-0.2, 0) is 14.3 Å². The van der Waals surface area contributed by atoms with Crippen LogP contribution in [0.2, 0.25) is 0 Å². The van der Waals surface area contributed by atoms with Crippen molar-refractivity contribution in [2.45, 2.75) is 19.9 Å². The van der Waals surface area contributed by atoms with Crippen molar-refractivity contribution in [3.05, 3.63) is 34.3 Å². The number of esters is 1. The molecule has 0 spiro atoms. The van der Waals surface area contributed by atoms with Gasteiger partial charge in [0.25, 0.3) is 0 Å². The molecule has 7 heteroatoms. The molecular formula is C15H19BrN2O4. The van der Waals surface area contributed by atoms with Crippen LogP contribution in [0.5, 0.6) is 0 Å². The monoisotopic (exact) mass is 370 g/mol. The second-order valence-corrected chi connectivity index (χ2v) is 5.56. The Bertz CT molecular complexity index is 545. The lowest BCUT2D eigenvalue weighted by Crippen LogP contribution is -2.44. The van der Waals surface area contributed by atoms with Gasteiger partial charge in [0.05, 0.1) is 13.2 Å². The lowest BCUT2D eigenvalue weighted by molar-refractivity contribution is -0.150. The fourth-order valence-corrected chi connectivity index (χ4v) is 2.31. The zero-order chi connectivity index (χ0) is 16.7. The maximum atomic E-state index is 12.0. The standard InChI is InChI=1S/C15H19BrN2O4/c1-4-17-15(21)18-13(10-5-7-11(16)8-6-10)12(9(2)19)14(20)22-3/h5-8,12-13H,4H2,1-3H3,(H2,17,18,21)/t12?,13-/m0/s1. The number of rotatable bonds is 6. The summed E-state index contributed by atoms with van der Waals surface area (Å²) in [7, 11) is 1.21. The van der Waals surface area contributed by atoms with Crippen molar-refractivity contribution < 1.29 is 19.1 Å². The third kappa shape index (κ3) is 4.84. The Morgan fingerprint density at radius 2 is 1.82 bits per heavy atom. The summed E-state index contributed by atoms with van der Waals surface area (Å²) in [5.74, 6) is -2.16. The molecule has 0 saturated heterocycles. The Morgan fingerprint density at radius 3 is 2.27 bits per heavy atom. The molecule has 2 N–H and O–H groups in total. The average Bonchev–Trinajstić information content (AvgIpc) is 2.47. The molecule has 120 valence electrons. The number of amides is 2. The second kappa shape index (κ2) is 8.53. The van der Waals surface area contributed by atoms with Gasteiger partial charge in [-0.25, -0.2) is 4.79 Å². The van der Waals surface area contributed by atoms with Gasteiger partial charge in [-0.2, -0.15) is 0 Å². The van der Waals surface area contributed by atoms with E-state index in [4.69, 9.17) is 4.74 Å². The lowest BCUT2D eigenvalue weighted by atomic mass is 9.90. The lowest BCUT2D eigenvalue weighted by Gasteiger charge is -2.25. The number of carbonyl (C=O) groups excluding carboxylic acids is 3. The van der Waals surface area contributed by atoms with Gasteiger partial charge in [-0.3, -0.25) is 9.59 Å². The van der Waals surface area contributed by atoms with E-state index < -0.39 is 24.0 Å². The van der Waals surface area contributed by atoms with Crippen LogP contribution >= 0.6 is 15.9 Å². The average molecular weight is 371 g/mol. The summed E-state index contributed by atoms with van der Waals surface area (Å²) >= 11 is 3.32.